The monoisotopic (exact) mass is 225 g/mol. The van der Waals surface area contributed by atoms with E-state index in [0.717, 1.165) is 12.1 Å². The van der Waals surface area contributed by atoms with Gasteiger partial charge in [-0.15, -0.1) is 0 Å². The molecule has 16 heavy (non-hydrogen) atoms. The molecular formula is C13H23NO2. The molecule has 0 aliphatic carbocycles. The van der Waals surface area contributed by atoms with Gasteiger partial charge >= 0.3 is 0 Å². The van der Waals surface area contributed by atoms with E-state index in [4.69, 9.17) is 9.47 Å². The van der Waals surface area contributed by atoms with Crippen LogP contribution in [-0.2, 0) is 9.47 Å². The summed E-state index contributed by atoms with van der Waals surface area (Å²) in [5.41, 5.74) is 2.21. The summed E-state index contributed by atoms with van der Waals surface area (Å²) in [4.78, 5) is 0. The summed E-state index contributed by atoms with van der Waals surface area (Å²) >= 11 is 0. The predicted molar refractivity (Wildman–Crippen MR) is 67.9 cm³/mol. The van der Waals surface area contributed by atoms with E-state index < -0.39 is 0 Å². The minimum atomic E-state index is 0.473. The summed E-state index contributed by atoms with van der Waals surface area (Å²) in [5.74, 6) is 0. The summed E-state index contributed by atoms with van der Waals surface area (Å²) in [7, 11) is 1.65. The van der Waals surface area contributed by atoms with Gasteiger partial charge in [-0.1, -0.05) is 24.6 Å². The van der Waals surface area contributed by atoms with Crippen LogP contribution < -0.4 is 5.32 Å². The van der Waals surface area contributed by atoms with Gasteiger partial charge in [-0.05, 0) is 26.3 Å². The summed E-state index contributed by atoms with van der Waals surface area (Å²) < 4.78 is 10.2. The van der Waals surface area contributed by atoms with Crippen molar-refractivity contribution in [1.82, 2.24) is 5.32 Å². The smallest absolute Gasteiger partial charge is 0.116 e. The van der Waals surface area contributed by atoms with E-state index in [1.165, 1.54) is 5.57 Å². The van der Waals surface area contributed by atoms with Crippen molar-refractivity contribution in [3.8, 4) is 0 Å². The Morgan fingerprint density at radius 2 is 2.00 bits per heavy atom. The molecule has 0 saturated heterocycles. The minimum Gasteiger partial charge on any atom is -0.499 e. The van der Waals surface area contributed by atoms with Gasteiger partial charge in [0.15, 0.2) is 0 Å². The standard InChI is InChI=1S/C13H23NO2/c1-5-12(6-2)8-9-13(10-16-7-3)14-11-15-4/h5,8-10,14H,6-7,11H2,1-4H3/b9-8-,12-5-,13-10-. The Morgan fingerprint density at radius 1 is 1.25 bits per heavy atom. The molecule has 0 aromatic rings. The molecule has 0 aromatic carbocycles. The summed E-state index contributed by atoms with van der Waals surface area (Å²) in [6.07, 6.45) is 8.91. The first kappa shape index (κ1) is 14.8. The lowest BCUT2D eigenvalue weighted by Crippen LogP contribution is -2.15. The van der Waals surface area contributed by atoms with Gasteiger partial charge in [0.25, 0.3) is 0 Å². The zero-order valence-electron chi connectivity index (χ0n) is 10.7. The SMILES string of the molecule is C\C=C(/C=C\C(=C\OCC)NCOC)CC. The molecule has 92 valence electrons. The third-order valence-corrected chi connectivity index (χ3v) is 2.05. The maximum Gasteiger partial charge on any atom is 0.116 e. The second kappa shape index (κ2) is 10.3. The molecule has 0 rings (SSSR count). The molecule has 0 unspecified atom stereocenters. The second-order valence-corrected chi connectivity index (χ2v) is 3.19. The van der Waals surface area contributed by atoms with Crippen LogP contribution in [-0.4, -0.2) is 20.4 Å². The molecule has 3 nitrogen and oxygen atoms in total. The molecule has 1 N–H and O–H groups in total. The van der Waals surface area contributed by atoms with Crippen molar-refractivity contribution >= 4 is 0 Å². The van der Waals surface area contributed by atoms with Crippen molar-refractivity contribution in [3.63, 3.8) is 0 Å². The number of methoxy groups -OCH3 is 1. The molecule has 0 saturated carbocycles. The third kappa shape index (κ3) is 7.12. The van der Waals surface area contributed by atoms with Gasteiger partial charge in [-0.3, -0.25) is 0 Å². The van der Waals surface area contributed by atoms with Crippen molar-refractivity contribution in [2.45, 2.75) is 27.2 Å². The molecule has 0 amide bonds. The van der Waals surface area contributed by atoms with E-state index >= 15 is 0 Å². The number of hydrogen-bond acceptors (Lipinski definition) is 3. The lowest BCUT2D eigenvalue weighted by Gasteiger charge is -2.06. The summed E-state index contributed by atoms with van der Waals surface area (Å²) in [5, 5.41) is 3.11. The molecular weight excluding hydrogens is 202 g/mol. The van der Waals surface area contributed by atoms with Crippen LogP contribution >= 0.6 is 0 Å². The number of nitrogens with one attached hydrogen (secondary N) is 1. The molecule has 0 aromatic heterocycles. The van der Waals surface area contributed by atoms with Crippen molar-refractivity contribution < 1.29 is 9.47 Å². The number of ether oxygens (including phenoxy) is 2. The van der Waals surface area contributed by atoms with Crippen LogP contribution in [0.15, 0.2) is 35.8 Å². The lowest BCUT2D eigenvalue weighted by atomic mass is 10.2. The highest BCUT2D eigenvalue weighted by Gasteiger charge is 1.92. The predicted octanol–water partition coefficient (Wildman–Crippen LogP) is 2.97. The molecule has 0 spiro atoms. The maximum atomic E-state index is 5.24. The Hall–Kier alpha value is -1.22. The number of allylic oxidation sites excluding steroid dienone is 4. The van der Waals surface area contributed by atoms with E-state index in [1.807, 2.05) is 19.9 Å². The van der Waals surface area contributed by atoms with Crippen molar-refractivity contribution in [2.75, 3.05) is 20.4 Å². The van der Waals surface area contributed by atoms with E-state index in [2.05, 4.69) is 24.4 Å². The molecule has 0 bridgehead atoms. The van der Waals surface area contributed by atoms with Gasteiger partial charge in [0.05, 0.1) is 12.3 Å². The highest BCUT2D eigenvalue weighted by Crippen LogP contribution is 2.04. The summed E-state index contributed by atoms with van der Waals surface area (Å²) in [6, 6.07) is 0. The molecule has 0 fully saturated rings. The fourth-order valence-electron chi connectivity index (χ4n) is 1.08. The average Bonchev–Trinajstić information content (AvgIpc) is 2.32. The van der Waals surface area contributed by atoms with Gasteiger partial charge in [0.1, 0.15) is 13.0 Å². The van der Waals surface area contributed by atoms with Gasteiger partial charge < -0.3 is 14.8 Å². The highest BCUT2D eigenvalue weighted by atomic mass is 16.5. The van der Waals surface area contributed by atoms with Crippen LogP contribution in [0.5, 0.6) is 0 Å². The summed E-state index contributed by atoms with van der Waals surface area (Å²) in [6.45, 7) is 7.26. The maximum absolute atomic E-state index is 5.24. The van der Waals surface area contributed by atoms with Gasteiger partial charge in [0, 0.05) is 7.11 Å². The van der Waals surface area contributed by atoms with Gasteiger partial charge in [-0.2, -0.15) is 0 Å². The van der Waals surface area contributed by atoms with Crippen molar-refractivity contribution in [3.05, 3.63) is 35.8 Å². The average molecular weight is 225 g/mol. The molecule has 0 radical (unpaired) electrons. The zero-order valence-corrected chi connectivity index (χ0v) is 10.7. The lowest BCUT2D eigenvalue weighted by molar-refractivity contribution is 0.182. The molecule has 3 heteroatoms. The normalized spacial score (nSPS) is 13.2. The molecule has 0 aliphatic heterocycles. The first-order valence-electron chi connectivity index (χ1n) is 5.66. The topological polar surface area (TPSA) is 30.5 Å². The molecule has 0 heterocycles. The van der Waals surface area contributed by atoms with E-state index in [9.17, 15) is 0 Å². The van der Waals surface area contributed by atoms with Crippen molar-refractivity contribution in [1.29, 1.82) is 0 Å². The van der Waals surface area contributed by atoms with Gasteiger partial charge in [0.2, 0.25) is 0 Å². The fraction of sp³-hybridized carbons (Fsp3) is 0.538. The van der Waals surface area contributed by atoms with Crippen LogP contribution in [0.25, 0.3) is 0 Å². The Bertz CT molecular complexity index is 255. The van der Waals surface area contributed by atoms with Crippen LogP contribution in [0, 0.1) is 0 Å². The Labute approximate surface area is 98.8 Å². The number of rotatable bonds is 8. The Balaban J connectivity index is 4.40. The van der Waals surface area contributed by atoms with Crippen LogP contribution in [0.4, 0.5) is 0 Å². The zero-order chi connectivity index (χ0) is 12.2. The van der Waals surface area contributed by atoms with Crippen LogP contribution in [0.3, 0.4) is 0 Å². The molecule has 0 aliphatic rings. The first-order chi connectivity index (χ1) is 7.78. The largest absolute Gasteiger partial charge is 0.499 e. The Morgan fingerprint density at radius 3 is 2.50 bits per heavy atom. The fourth-order valence-corrected chi connectivity index (χ4v) is 1.08. The van der Waals surface area contributed by atoms with Crippen LogP contribution in [0.2, 0.25) is 0 Å². The van der Waals surface area contributed by atoms with E-state index in [1.54, 1.807) is 13.4 Å². The van der Waals surface area contributed by atoms with Crippen molar-refractivity contribution in [2.24, 2.45) is 0 Å². The van der Waals surface area contributed by atoms with Gasteiger partial charge in [-0.25, -0.2) is 0 Å². The minimum absolute atomic E-state index is 0.473. The second-order valence-electron chi connectivity index (χ2n) is 3.19. The first-order valence-corrected chi connectivity index (χ1v) is 5.66. The van der Waals surface area contributed by atoms with Crippen LogP contribution in [0.1, 0.15) is 27.2 Å². The molecule has 0 atom stereocenters. The third-order valence-electron chi connectivity index (χ3n) is 2.05. The van der Waals surface area contributed by atoms with E-state index in [0.29, 0.717) is 13.3 Å². The Kier molecular flexibility index (Phi) is 9.52. The highest BCUT2D eigenvalue weighted by molar-refractivity contribution is 5.25. The number of hydrogen-bond donors (Lipinski definition) is 1. The quantitative estimate of drug-likeness (QED) is 0.391. The van der Waals surface area contributed by atoms with E-state index in [-0.39, 0.29) is 0 Å².